The predicted molar refractivity (Wildman–Crippen MR) is 96.9 cm³/mol. The molecule has 1 aliphatic carbocycles. The number of amides is 1. The van der Waals surface area contributed by atoms with Gasteiger partial charge in [-0.2, -0.15) is 0 Å². The van der Waals surface area contributed by atoms with Crippen LogP contribution in [0.4, 0.5) is 0 Å². The normalized spacial score (nSPS) is 20.4. The van der Waals surface area contributed by atoms with Crippen LogP contribution in [0.3, 0.4) is 0 Å². The van der Waals surface area contributed by atoms with E-state index in [-0.39, 0.29) is 60.7 Å². The molecule has 1 fully saturated rings. The number of aromatic nitrogens is 1. The first-order valence-electron chi connectivity index (χ1n) is 7.42. The number of pyridine rings is 1. The van der Waals surface area contributed by atoms with Gasteiger partial charge in [-0.25, -0.2) is 13.1 Å². The summed E-state index contributed by atoms with van der Waals surface area (Å²) in [4.78, 5) is 15.7. The van der Waals surface area contributed by atoms with E-state index in [0.29, 0.717) is 0 Å². The molecule has 0 aromatic carbocycles. The molecule has 138 valence electrons. The van der Waals surface area contributed by atoms with Crippen molar-refractivity contribution in [2.45, 2.75) is 49.1 Å². The van der Waals surface area contributed by atoms with Gasteiger partial charge in [-0.15, -0.1) is 24.8 Å². The maximum Gasteiger partial charge on any atom is 0.242 e. The summed E-state index contributed by atoms with van der Waals surface area (Å²) in [6.45, 7) is 0.0648. The Morgan fingerprint density at radius 1 is 1.25 bits per heavy atom. The van der Waals surface area contributed by atoms with Crippen LogP contribution in [-0.2, 0) is 14.8 Å². The summed E-state index contributed by atoms with van der Waals surface area (Å²) in [5.41, 5.74) is 5.82. The van der Waals surface area contributed by atoms with Crippen LogP contribution in [0, 0.1) is 0 Å². The lowest BCUT2D eigenvalue weighted by molar-refractivity contribution is -0.121. The lowest BCUT2D eigenvalue weighted by atomic mass is 9.92. The van der Waals surface area contributed by atoms with E-state index in [1.807, 2.05) is 0 Å². The number of rotatable bonds is 6. The van der Waals surface area contributed by atoms with Gasteiger partial charge in [0.05, 0.1) is 0 Å². The van der Waals surface area contributed by atoms with Crippen molar-refractivity contribution in [3.8, 4) is 0 Å². The molecular formula is C14H24Cl2N4O3S. The molecule has 0 bridgehead atoms. The Bertz CT molecular complexity index is 593. The lowest BCUT2D eigenvalue weighted by Gasteiger charge is -2.26. The quantitative estimate of drug-likeness (QED) is 0.660. The minimum Gasteiger partial charge on any atom is -0.353 e. The monoisotopic (exact) mass is 398 g/mol. The zero-order valence-electron chi connectivity index (χ0n) is 13.2. The Morgan fingerprint density at radius 2 is 1.92 bits per heavy atom. The zero-order valence-corrected chi connectivity index (χ0v) is 15.6. The number of carbonyl (C=O) groups excluding carboxylic acids is 1. The molecule has 1 amide bonds. The van der Waals surface area contributed by atoms with Crippen molar-refractivity contribution in [1.29, 1.82) is 0 Å². The molecule has 0 atom stereocenters. The van der Waals surface area contributed by atoms with E-state index in [1.165, 1.54) is 18.5 Å². The molecular weight excluding hydrogens is 375 g/mol. The molecule has 4 N–H and O–H groups in total. The molecule has 1 aliphatic rings. The largest absolute Gasteiger partial charge is 0.353 e. The molecule has 0 saturated heterocycles. The van der Waals surface area contributed by atoms with Crippen molar-refractivity contribution in [2.24, 2.45) is 5.73 Å². The summed E-state index contributed by atoms with van der Waals surface area (Å²) in [5, 5.41) is 2.92. The van der Waals surface area contributed by atoms with Crippen molar-refractivity contribution in [2.75, 3.05) is 6.54 Å². The third kappa shape index (κ3) is 7.31. The highest BCUT2D eigenvalue weighted by Gasteiger charge is 2.20. The molecule has 1 saturated carbocycles. The first-order valence-corrected chi connectivity index (χ1v) is 8.90. The first kappa shape index (κ1) is 23.1. The van der Waals surface area contributed by atoms with Crippen LogP contribution >= 0.6 is 24.8 Å². The fourth-order valence-electron chi connectivity index (χ4n) is 2.45. The van der Waals surface area contributed by atoms with E-state index in [0.717, 1.165) is 25.7 Å². The molecule has 0 aliphatic heterocycles. The van der Waals surface area contributed by atoms with Gasteiger partial charge in [-0.1, -0.05) is 0 Å². The second kappa shape index (κ2) is 10.8. The van der Waals surface area contributed by atoms with Crippen LogP contribution in [0.15, 0.2) is 29.4 Å². The molecule has 1 aromatic heterocycles. The summed E-state index contributed by atoms with van der Waals surface area (Å²) in [7, 11) is -3.61. The highest BCUT2D eigenvalue weighted by Crippen LogP contribution is 2.16. The summed E-state index contributed by atoms with van der Waals surface area (Å²) < 4.78 is 26.3. The van der Waals surface area contributed by atoms with Crippen molar-refractivity contribution in [1.82, 2.24) is 15.0 Å². The average Bonchev–Trinajstić information content (AvgIpc) is 2.50. The number of sulfonamides is 1. The van der Waals surface area contributed by atoms with E-state index in [4.69, 9.17) is 5.73 Å². The van der Waals surface area contributed by atoms with Crippen LogP contribution < -0.4 is 15.8 Å². The molecule has 10 heteroatoms. The smallest absolute Gasteiger partial charge is 0.242 e. The minimum absolute atomic E-state index is 0. The van der Waals surface area contributed by atoms with Crippen LogP contribution in [0.5, 0.6) is 0 Å². The summed E-state index contributed by atoms with van der Waals surface area (Å²) in [6, 6.07) is 3.40. The maximum absolute atomic E-state index is 11.9. The Balaban J connectivity index is 0.00000264. The van der Waals surface area contributed by atoms with E-state index in [2.05, 4.69) is 15.0 Å². The number of hydrogen-bond donors (Lipinski definition) is 3. The maximum atomic E-state index is 11.9. The van der Waals surface area contributed by atoms with Gasteiger partial charge in [-0.05, 0) is 37.8 Å². The van der Waals surface area contributed by atoms with Gasteiger partial charge in [0.1, 0.15) is 4.90 Å². The van der Waals surface area contributed by atoms with Gasteiger partial charge in [0.25, 0.3) is 0 Å². The van der Waals surface area contributed by atoms with Crippen LogP contribution in [0.2, 0.25) is 0 Å². The molecule has 0 spiro atoms. The fourth-order valence-corrected chi connectivity index (χ4v) is 3.45. The fraction of sp³-hybridized carbons (Fsp3) is 0.571. The highest BCUT2D eigenvalue weighted by molar-refractivity contribution is 7.89. The number of nitrogens with two attached hydrogens (primary N) is 1. The van der Waals surface area contributed by atoms with Crippen molar-refractivity contribution in [3.05, 3.63) is 24.5 Å². The average molecular weight is 399 g/mol. The predicted octanol–water partition coefficient (Wildman–Crippen LogP) is 0.980. The third-order valence-electron chi connectivity index (χ3n) is 3.73. The molecule has 24 heavy (non-hydrogen) atoms. The number of nitrogens with one attached hydrogen (secondary N) is 2. The van der Waals surface area contributed by atoms with Gasteiger partial charge in [0, 0.05) is 37.4 Å². The molecule has 1 aromatic rings. The van der Waals surface area contributed by atoms with Gasteiger partial charge in [0.15, 0.2) is 0 Å². The molecule has 2 rings (SSSR count). The molecule has 7 nitrogen and oxygen atoms in total. The molecule has 1 heterocycles. The lowest BCUT2D eigenvalue weighted by Crippen LogP contribution is -2.41. The van der Waals surface area contributed by atoms with E-state index >= 15 is 0 Å². The second-order valence-corrected chi connectivity index (χ2v) is 7.28. The van der Waals surface area contributed by atoms with E-state index in [9.17, 15) is 13.2 Å². The summed E-state index contributed by atoms with van der Waals surface area (Å²) in [5.74, 6) is -0.144. The Hall–Kier alpha value is -0.930. The van der Waals surface area contributed by atoms with E-state index < -0.39 is 10.0 Å². The third-order valence-corrected chi connectivity index (χ3v) is 5.17. The first-order chi connectivity index (χ1) is 10.5. The number of carbonyl (C=O) groups is 1. The topological polar surface area (TPSA) is 114 Å². The highest BCUT2D eigenvalue weighted by atomic mass is 35.5. The van der Waals surface area contributed by atoms with Crippen LogP contribution in [0.25, 0.3) is 0 Å². The SMILES string of the molecule is Cl.Cl.NC1CCC(NC(=O)CCNS(=O)(=O)c2cccnc2)CC1. The van der Waals surface area contributed by atoms with Crippen LogP contribution in [0.1, 0.15) is 32.1 Å². The number of nitrogens with zero attached hydrogens (tertiary/aromatic N) is 1. The Labute approximate surface area is 155 Å². The second-order valence-electron chi connectivity index (χ2n) is 5.52. The zero-order chi connectivity index (χ0) is 16.0. The van der Waals surface area contributed by atoms with Crippen molar-refractivity contribution in [3.63, 3.8) is 0 Å². The van der Waals surface area contributed by atoms with E-state index in [1.54, 1.807) is 6.07 Å². The van der Waals surface area contributed by atoms with Gasteiger partial charge in [-0.3, -0.25) is 9.78 Å². The Kier molecular flexibility index (Phi) is 10.4. The number of hydrogen-bond acceptors (Lipinski definition) is 5. The summed E-state index contributed by atoms with van der Waals surface area (Å²) >= 11 is 0. The van der Waals surface area contributed by atoms with Crippen molar-refractivity contribution >= 4 is 40.7 Å². The molecule has 0 radical (unpaired) electrons. The Morgan fingerprint density at radius 3 is 2.50 bits per heavy atom. The standard InChI is InChI=1S/C14H22N4O3S.2ClH/c15-11-3-5-12(6-4-11)18-14(19)7-9-17-22(20,21)13-2-1-8-16-10-13;;/h1-2,8,10-12,17H,3-7,9,15H2,(H,18,19);2*1H. The van der Waals surface area contributed by atoms with Crippen LogP contribution in [-0.4, -0.2) is 37.9 Å². The summed E-state index contributed by atoms with van der Waals surface area (Å²) in [6.07, 6.45) is 6.48. The van der Waals surface area contributed by atoms with Gasteiger partial charge < -0.3 is 11.1 Å². The van der Waals surface area contributed by atoms with Crippen molar-refractivity contribution < 1.29 is 13.2 Å². The molecule has 0 unspecified atom stereocenters. The minimum atomic E-state index is -3.61. The number of halogens is 2. The van der Waals surface area contributed by atoms with Gasteiger partial charge in [0.2, 0.25) is 15.9 Å². The van der Waals surface area contributed by atoms with Gasteiger partial charge >= 0.3 is 0 Å².